The maximum Gasteiger partial charge on any atom is 0.133 e. The van der Waals surface area contributed by atoms with Crippen molar-refractivity contribution in [1.29, 1.82) is 0 Å². The minimum Gasteiger partial charge on any atom is -0.377 e. The number of fused-ring (bicyclic) bond motifs is 1. The molecule has 1 N–H and O–H groups in total. The minimum absolute atomic E-state index is 0.275. The maximum absolute atomic E-state index is 5.49. The summed E-state index contributed by atoms with van der Waals surface area (Å²) in [6, 6.07) is 10.2. The molecule has 17 heavy (non-hydrogen) atoms. The van der Waals surface area contributed by atoms with Gasteiger partial charge in [-0.15, -0.1) is 0 Å². The van der Waals surface area contributed by atoms with Crippen molar-refractivity contribution in [2.75, 3.05) is 18.5 Å². The number of nitrogens with zero attached hydrogens (tertiary/aromatic N) is 1. The summed E-state index contributed by atoms with van der Waals surface area (Å²) in [6.45, 7) is 5.55. The van der Waals surface area contributed by atoms with Gasteiger partial charge in [0.1, 0.15) is 5.82 Å². The smallest absolute Gasteiger partial charge is 0.133 e. The van der Waals surface area contributed by atoms with Crippen LogP contribution >= 0.6 is 0 Å². The van der Waals surface area contributed by atoms with E-state index in [0.29, 0.717) is 6.61 Å². The highest BCUT2D eigenvalue weighted by atomic mass is 16.5. The van der Waals surface area contributed by atoms with E-state index in [1.165, 1.54) is 5.39 Å². The summed E-state index contributed by atoms with van der Waals surface area (Å²) in [5, 5.41) is 5.66. The molecule has 0 aliphatic rings. The average molecular weight is 230 g/mol. The van der Waals surface area contributed by atoms with Gasteiger partial charge in [-0.05, 0) is 25.3 Å². The van der Waals surface area contributed by atoms with E-state index in [9.17, 15) is 0 Å². The molecule has 0 aliphatic carbocycles. The van der Waals surface area contributed by atoms with Crippen LogP contribution in [0, 0.1) is 0 Å². The zero-order chi connectivity index (χ0) is 12.1. The molecule has 0 amide bonds. The first-order chi connectivity index (χ1) is 8.27. The van der Waals surface area contributed by atoms with Gasteiger partial charge < -0.3 is 10.1 Å². The lowest BCUT2D eigenvalue weighted by Gasteiger charge is -2.10. The zero-order valence-corrected chi connectivity index (χ0v) is 10.3. The largest absolute Gasteiger partial charge is 0.377 e. The van der Waals surface area contributed by atoms with Gasteiger partial charge in [-0.1, -0.05) is 24.3 Å². The molecule has 0 aliphatic heterocycles. The van der Waals surface area contributed by atoms with E-state index in [2.05, 4.69) is 22.4 Å². The Kier molecular flexibility index (Phi) is 3.94. The van der Waals surface area contributed by atoms with Crippen LogP contribution in [-0.2, 0) is 4.74 Å². The third-order valence-electron chi connectivity index (χ3n) is 2.52. The molecule has 2 aromatic rings. The van der Waals surface area contributed by atoms with E-state index in [4.69, 9.17) is 4.74 Å². The Labute approximate surface area is 102 Å². The number of ether oxygens (including phenoxy) is 1. The molecule has 3 nitrogen and oxygen atoms in total. The Bertz CT molecular complexity index is 477. The van der Waals surface area contributed by atoms with E-state index in [0.717, 1.165) is 17.7 Å². The fraction of sp³-hybridized carbons (Fsp3) is 0.357. The molecule has 0 atom stereocenters. The van der Waals surface area contributed by atoms with Crippen molar-refractivity contribution in [2.24, 2.45) is 0 Å². The topological polar surface area (TPSA) is 34.1 Å². The van der Waals surface area contributed by atoms with Gasteiger partial charge in [-0.2, -0.15) is 0 Å². The number of rotatable bonds is 5. The van der Waals surface area contributed by atoms with Gasteiger partial charge in [0.2, 0.25) is 0 Å². The van der Waals surface area contributed by atoms with Gasteiger partial charge in [0.05, 0.1) is 12.7 Å². The molecule has 3 heteroatoms. The second-order valence-corrected chi connectivity index (χ2v) is 4.23. The lowest BCUT2D eigenvalue weighted by Crippen LogP contribution is -2.13. The van der Waals surface area contributed by atoms with Gasteiger partial charge in [0, 0.05) is 18.1 Å². The summed E-state index contributed by atoms with van der Waals surface area (Å²) >= 11 is 0. The molecule has 1 aromatic heterocycles. The van der Waals surface area contributed by atoms with Gasteiger partial charge in [0.15, 0.2) is 0 Å². The summed E-state index contributed by atoms with van der Waals surface area (Å²) in [4.78, 5) is 4.36. The number of pyridine rings is 1. The number of hydrogen-bond acceptors (Lipinski definition) is 3. The molecule has 1 aromatic carbocycles. The Morgan fingerprint density at radius 2 is 2.06 bits per heavy atom. The monoisotopic (exact) mass is 230 g/mol. The normalized spacial score (nSPS) is 11.0. The highest BCUT2D eigenvalue weighted by molar-refractivity contribution is 5.91. The zero-order valence-electron chi connectivity index (χ0n) is 10.3. The van der Waals surface area contributed by atoms with Crippen LogP contribution in [0.25, 0.3) is 10.8 Å². The summed E-state index contributed by atoms with van der Waals surface area (Å²) < 4.78 is 5.49. The Balaban J connectivity index is 2.03. The fourth-order valence-corrected chi connectivity index (χ4v) is 1.72. The van der Waals surface area contributed by atoms with Crippen LogP contribution in [-0.4, -0.2) is 24.2 Å². The predicted octanol–water partition coefficient (Wildman–Crippen LogP) is 3.07. The van der Waals surface area contributed by atoms with E-state index in [-0.39, 0.29) is 6.10 Å². The van der Waals surface area contributed by atoms with Gasteiger partial charge in [-0.25, -0.2) is 4.98 Å². The van der Waals surface area contributed by atoms with Gasteiger partial charge >= 0.3 is 0 Å². The summed E-state index contributed by atoms with van der Waals surface area (Å²) in [5.41, 5.74) is 0. The first-order valence-corrected chi connectivity index (χ1v) is 5.96. The summed E-state index contributed by atoms with van der Waals surface area (Å²) in [5.74, 6) is 0.926. The van der Waals surface area contributed by atoms with Crippen molar-refractivity contribution in [2.45, 2.75) is 20.0 Å². The van der Waals surface area contributed by atoms with Crippen LogP contribution in [0.4, 0.5) is 5.82 Å². The predicted molar refractivity (Wildman–Crippen MR) is 71.3 cm³/mol. The molecule has 2 rings (SSSR count). The first-order valence-electron chi connectivity index (χ1n) is 5.96. The molecular formula is C14H18N2O. The fourth-order valence-electron chi connectivity index (χ4n) is 1.72. The third kappa shape index (κ3) is 3.17. The third-order valence-corrected chi connectivity index (χ3v) is 2.52. The van der Waals surface area contributed by atoms with Crippen LogP contribution in [0.15, 0.2) is 36.5 Å². The number of nitrogens with one attached hydrogen (secondary N) is 1. The van der Waals surface area contributed by atoms with Crippen LogP contribution in [0.3, 0.4) is 0 Å². The van der Waals surface area contributed by atoms with E-state index in [1.54, 1.807) is 0 Å². The van der Waals surface area contributed by atoms with Crippen LogP contribution in [0.5, 0.6) is 0 Å². The standard InChI is InChI=1S/C14H18N2O/c1-11(2)17-10-9-16-14-13-6-4-3-5-12(13)7-8-15-14/h3-8,11H,9-10H2,1-2H3,(H,15,16). The molecule has 0 bridgehead atoms. The quantitative estimate of drug-likeness (QED) is 0.801. The second kappa shape index (κ2) is 5.64. The van der Waals surface area contributed by atoms with Crippen molar-refractivity contribution < 1.29 is 4.74 Å². The maximum atomic E-state index is 5.49. The lowest BCUT2D eigenvalue weighted by molar-refractivity contribution is 0.0870. The number of aromatic nitrogens is 1. The Morgan fingerprint density at radius 1 is 1.24 bits per heavy atom. The van der Waals surface area contributed by atoms with E-state index < -0.39 is 0 Å². The molecule has 0 saturated heterocycles. The van der Waals surface area contributed by atoms with Gasteiger partial charge in [-0.3, -0.25) is 0 Å². The summed E-state index contributed by atoms with van der Waals surface area (Å²) in [7, 11) is 0. The molecule has 0 radical (unpaired) electrons. The van der Waals surface area contributed by atoms with Crippen LogP contribution in [0.2, 0.25) is 0 Å². The van der Waals surface area contributed by atoms with Crippen molar-refractivity contribution >= 4 is 16.6 Å². The number of hydrogen-bond donors (Lipinski definition) is 1. The van der Waals surface area contributed by atoms with Gasteiger partial charge in [0.25, 0.3) is 0 Å². The Hall–Kier alpha value is -1.61. The molecule has 0 fully saturated rings. The van der Waals surface area contributed by atoms with E-state index in [1.807, 2.05) is 38.2 Å². The SMILES string of the molecule is CC(C)OCCNc1nccc2ccccc12. The van der Waals surface area contributed by atoms with Crippen LogP contribution in [0.1, 0.15) is 13.8 Å². The van der Waals surface area contributed by atoms with Crippen LogP contribution < -0.4 is 5.32 Å². The Morgan fingerprint density at radius 3 is 2.88 bits per heavy atom. The molecule has 1 heterocycles. The highest BCUT2D eigenvalue weighted by Crippen LogP contribution is 2.19. The van der Waals surface area contributed by atoms with Crippen molar-refractivity contribution in [3.8, 4) is 0 Å². The summed E-state index contributed by atoms with van der Waals surface area (Å²) in [6.07, 6.45) is 2.10. The molecule has 0 saturated carbocycles. The second-order valence-electron chi connectivity index (χ2n) is 4.23. The molecule has 0 spiro atoms. The minimum atomic E-state index is 0.275. The van der Waals surface area contributed by atoms with Crippen molar-refractivity contribution in [3.05, 3.63) is 36.5 Å². The number of anilines is 1. The highest BCUT2D eigenvalue weighted by Gasteiger charge is 2.00. The van der Waals surface area contributed by atoms with Crippen molar-refractivity contribution in [3.63, 3.8) is 0 Å². The van der Waals surface area contributed by atoms with E-state index >= 15 is 0 Å². The molecule has 0 unspecified atom stereocenters. The average Bonchev–Trinajstić information content (AvgIpc) is 2.34. The number of benzene rings is 1. The van der Waals surface area contributed by atoms with Crippen molar-refractivity contribution in [1.82, 2.24) is 4.98 Å². The molecular weight excluding hydrogens is 212 g/mol. The first kappa shape index (κ1) is 11.9. The molecule has 90 valence electrons. The lowest BCUT2D eigenvalue weighted by atomic mass is 10.1.